The summed E-state index contributed by atoms with van der Waals surface area (Å²) in [4.78, 5) is 15.5. The van der Waals surface area contributed by atoms with Gasteiger partial charge in [0.2, 0.25) is 5.91 Å². The number of carbonyl (C=O) groups excluding carboxylic acids is 1. The number of rotatable bonds is 7. The zero-order valence-electron chi connectivity index (χ0n) is 11.2. The fourth-order valence-corrected chi connectivity index (χ4v) is 0.968. The van der Waals surface area contributed by atoms with E-state index in [4.69, 9.17) is 10.5 Å². The summed E-state index contributed by atoms with van der Waals surface area (Å²) in [5, 5.41) is 6.18. The molecule has 0 radical (unpaired) electrons. The lowest BCUT2D eigenvalue weighted by molar-refractivity contribution is -0.125. The number of guanidine groups is 1. The van der Waals surface area contributed by atoms with Crippen molar-refractivity contribution in [3.8, 4) is 0 Å². The number of primary amides is 1. The van der Waals surface area contributed by atoms with Crippen LogP contribution in [0.25, 0.3) is 0 Å². The number of hydrogen-bond acceptors (Lipinski definition) is 3. The van der Waals surface area contributed by atoms with Crippen molar-refractivity contribution in [3.05, 3.63) is 0 Å². The minimum absolute atomic E-state index is 0.352. The van der Waals surface area contributed by atoms with Crippen molar-refractivity contribution in [3.63, 3.8) is 0 Å². The van der Waals surface area contributed by atoms with Gasteiger partial charge in [-0.1, -0.05) is 0 Å². The van der Waals surface area contributed by atoms with Crippen LogP contribution in [0.3, 0.4) is 0 Å². The van der Waals surface area contributed by atoms with Gasteiger partial charge in [-0.3, -0.25) is 9.79 Å². The molecule has 0 aliphatic heterocycles. The number of nitrogens with one attached hydrogen (secondary N) is 2. The maximum atomic E-state index is 11.1. The minimum Gasteiger partial charge on any atom is -0.383 e. The monoisotopic (exact) mass is 244 g/mol. The first-order valence-corrected chi connectivity index (χ1v) is 5.75. The van der Waals surface area contributed by atoms with Crippen LogP contribution in [-0.4, -0.2) is 45.2 Å². The molecule has 0 aliphatic rings. The molecule has 100 valence electrons. The highest BCUT2D eigenvalue weighted by Crippen LogP contribution is 2.13. The van der Waals surface area contributed by atoms with Crippen molar-refractivity contribution < 1.29 is 9.53 Å². The summed E-state index contributed by atoms with van der Waals surface area (Å²) in [5.41, 5.74) is 4.65. The van der Waals surface area contributed by atoms with Gasteiger partial charge in [0, 0.05) is 20.2 Å². The number of aliphatic imine (C=N–C) groups is 1. The molecule has 6 nitrogen and oxygen atoms in total. The van der Waals surface area contributed by atoms with E-state index in [-0.39, 0.29) is 5.91 Å². The van der Waals surface area contributed by atoms with Crippen LogP contribution in [0.1, 0.15) is 20.8 Å². The number of carbonyl (C=O) groups is 1. The van der Waals surface area contributed by atoms with Gasteiger partial charge in [0.25, 0.3) is 0 Å². The number of ether oxygens (including phenoxy) is 1. The van der Waals surface area contributed by atoms with Crippen LogP contribution in [0.15, 0.2) is 4.99 Å². The predicted octanol–water partition coefficient (Wildman–Crippen LogP) is -0.301. The van der Waals surface area contributed by atoms with E-state index in [1.165, 1.54) is 0 Å². The van der Waals surface area contributed by atoms with Crippen LogP contribution in [0.2, 0.25) is 0 Å². The predicted molar refractivity (Wildman–Crippen MR) is 68.8 cm³/mol. The summed E-state index contributed by atoms with van der Waals surface area (Å²) < 4.78 is 4.93. The molecule has 0 rings (SSSR count). The van der Waals surface area contributed by atoms with Gasteiger partial charge in [0.05, 0.1) is 18.6 Å². The van der Waals surface area contributed by atoms with E-state index in [0.717, 1.165) is 6.54 Å². The summed E-state index contributed by atoms with van der Waals surface area (Å²) >= 11 is 0. The summed E-state index contributed by atoms with van der Waals surface area (Å²) in [5.74, 6) is 0.313. The number of methoxy groups -OCH3 is 1. The molecule has 0 spiro atoms. The first-order chi connectivity index (χ1) is 7.94. The molecule has 0 atom stereocenters. The van der Waals surface area contributed by atoms with Crippen LogP contribution in [0, 0.1) is 5.41 Å². The van der Waals surface area contributed by atoms with Crippen LogP contribution in [0.5, 0.6) is 0 Å². The van der Waals surface area contributed by atoms with Crippen molar-refractivity contribution in [1.29, 1.82) is 0 Å². The summed E-state index contributed by atoms with van der Waals surface area (Å²) in [7, 11) is 1.64. The lowest BCUT2D eigenvalue weighted by atomic mass is 9.93. The highest BCUT2D eigenvalue weighted by molar-refractivity contribution is 5.82. The molecule has 1 amide bonds. The molecule has 4 N–H and O–H groups in total. The second-order valence-electron chi connectivity index (χ2n) is 4.36. The third-order valence-corrected chi connectivity index (χ3v) is 2.24. The molecule has 0 saturated heterocycles. The third-order valence-electron chi connectivity index (χ3n) is 2.24. The quantitative estimate of drug-likeness (QED) is 0.326. The topological polar surface area (TPSA) is 88.7 Å². The Bertz CT molecular complexity index is 264. The molecule has 0 aromatic rings. The normalized spacial score (nSPS) is 12.4. The van der Waals surface area contributed by atoms with E-state index < -0.39 is 5.41 Å². The van der Waals surface area contributed by atoms with Gasteiger partial charge in [0.1, 0.15) is 0 Å². The molecule has 6 heteroatoms. The van der Waals surface area contributed by atoms with Crippen LogP contribution in [0.4, 0.5) is 0 Å². The van der Waals surface area contributed by atoms with Crippen LogP contribution in [-0.2, 0) is 9.53 Å². The molecule has 0 aliphatic carbocycles. The Hall–Kier alpha value is -1.30. The van der Waals surface area contributed by atoms with Crippen molar-refractivity contribution >= 4 is 11.9 Å². The first-order valence-electron chi connectivity index (χ1n) is 5.75. The maximum absolute atomic E-state index is 11.1. The number of nitrogens with zero attached hydrogens (tertiary/aromatic N) is 1. The molecular formula is C11H24N4O2. The number of nitrogens with two attached hydrogens (primary N) is 1. The average molecular weight is 244 g/mol. The van der Waals surface area contributed by atoms with E-state index >= 15 is 0 Å². The highest BCUT2D eigenvalue weighted by atomic mass is 16.5. The standard InChI is InChI=1S/C11H24N4O2/c1-5-13-10(14-6-7-17-4)15-8-11(2,3)9(12)16/h5-8H2,1-4H3,(H2,12,16)(H2,13,14,15). The SMILES string of the molecule is CCNC(=NCC(C)(C)C(N)=O)NCCOC. The Morgan fingerprint density at radius 1 is 1.41 bits per heavy atom. The first kappa shape index (κ1) is 15.7. The number of hydrogen-bond donors (Lipinski definition) is 3. The fraction of sp³-hybridized carbons (Fsp3) is 0.818. The average Bonchev–Trinajstić information content (AvgIpc) is 2.26. The Kier molecular flexibility index (Phi) is 7.29. The van der Waals surface area contributed by atoms with E-state index in [0.29, 0.717) is 25.7 Å². The Morgan fingerprint density at radius 2 is 2.06 bits per heavy atom. The Balaban J connectivity index is 4.33. The number of amides is 1. The molecule has 17 heavy (non-hydrogen) atoms. The Labute approximate surface area is 103 Å². The molecule has 0 bridgehead atoms. The molecular weight excluding hydrogens is 220 g/mol. The van der Waals surface area contributed by atoms with Crippen molar-refractivity contribution in [1.82, 2.24) is 10.6 Å². The summed E-state index contributed by atoms with van der Waals surface area (Å²) in [6, 6.07) is 0. The van der Waals surface area contributed by atoms with Gasteiger partial charge >= 0.3 is 0 Å². The van der Waals surface area contributed by atoms with Gasteiger partial charge in [-0.05, 0) is 20.8 Å². The lowest BCUT2D eigenvalue weighted by Gasteiger charge is -2.19. The molecule has 0 saturated carbocycles. The molecule has 0 aromatic carbocycles. The summed E-state index contributed by atoms with van der Waals surface area (Å²) in [6.45, 7) is 7.91. The molecule has 0 fully saturated rings. The van der Waals surface area contributed by atoms with Crippen LogP contribution >= 0.6 is 0 Å². The largest absolute Gasteiger partial charge is 0.383 e. The van der Waals surface area contributed by atoms with Gasteiger partial charge in [-0.25, -0.2) is 0 Å². The maximum Gasteiger partial charge on any atom is 0.224 e. The minimum atomic E-state index is -0.635. The van der Waals surface area contributed by atoms with Crippen molar-refractivity contribution in [2.75, 3.05) is 33.4 Å². The molecule has 0 heterocycles. The highest BCUT2D eigenvalue weighted by Gasteiger charge is 2.24. The van der Waals surface area contributed by atoms with Gasteiger partial charge in [0.15, 0.2) is 5.96 Å². The van der Waals surface area contributed by atoms with Gasteiger partial charge in [-0.2, -0.15) is 0 Å². The Morgan fingerprint density at radius 3 is 2.53 bits per heavy atom. The van der Waals surface area contributed by atoms with E-state index in [1.54, 1.807) is 21.0 Å². The van der Waals surface area contributed by atoms with E-state index in [2.05, 4.69) is 15.6 Å². The zero-order valence-corrected chi connectivity index (χ0v) is 11.2. The third kappa shape index (κ3) is 6.78. The summed E-state index contributed by atoms with van der Waals surface area (Å²) in [6.07, 6.45) is 0. The van der Waals surface area contributed by atoms with Crippen molar-refractivity contribution in [2.24, 2.45) is 16.1 Å². The van der Waals surface area contributed by atoms with E-state index in [9.17, 15) is 4.79 Å². The van der Waals surface area contributed by atoms with Crippen molar-refractivity contribution in [2.45, 2.75) is 20.8 Å². The fourth-order valence-electron chi connectivity index (χ4n) is 0.968. The van der Waals surface area contributed by atoms with Gasteiger partial charge in [-0.15, -0.1) is 0 Å². The lowest BCUT2D eigenvalue weighted by Crippen LogP contribution is -2.41. The second-order valence-corrected chi connectivity index (χ2v) is 4.36. The zero-order chi connectivity index (χ0) is 13.3. The molecule has 0 aromatic heterocycles. The van der Waals surface area contributed by atoms with E-state index in [1.807, 2.05) is 6.92 Å². The second kappa shape index (κ2) is 7.89. The molecule has 0 unspecified atom stereocenters. The van der Waals surface area contributed by atoms with Gasteiger partial charge < -0.3 is 21.1 Å². The van der Waals surface area contributed by atoms with Crippen LogP contribution < -0.4 is 16.4 Å². The smallest absolute Gasteiger partial charge is 0.224 e.